The van der Waals surface area contributed by atoms with Crippen molar-refractivity contribution >= 4 is 5.82 Å². The van der Waals surface area contributed by atoms with Gasteiger partial charge in [-0.25, -0.2) is 14.8 Å². The van der Waals surface area contributed by atoms with Crippen LogP contribution in [0.25, 0.3) is 0 Å². The molecule has 0 bridgehead atoms. The largest absolute Gasteiger partial charge is 0.481 e. The Morgan fingerprint density at radius 1 is 1.23 bits per heavy atom. The van der Waals surface area contributed by atoms with Crippen LogP contribution < -0.4 is 15.7 Å². The van der Waals surface area contributed by atoms with Crippen molar-refractivity contribution in [1.82, 2.24) is 19.1 Å². The summed E-state index contributed by atoms with van der Waals surface area (Å²) in [5, 5.41) is 3.38. The molecule has 1 aliphatic rings. The molecule has 4 rings (SSSR count). The minimum atomic E-state index is -0.0365. The molecular weight excluding hydrogens is 378 g/mol. The summed E-state index contributed by atoms with van der Waals surface area (Å²) in [6, 6.07) is 8.07. The molecule has 1 aliphatic heterocycles. The van der Waals surface area contributed by atoms with E-state index >= 15 is 0 Å². The fourth-order valence-corrected chi connectivity index (χ4v) is 4.08. The van der Waals surface area contributed by atoms with Crippen LogP contribution in [0.3, 0.4) is 0 Å². The van der Waals surface area contributed by atoms with Crippen LogP contribution >= 0.6 is 0 Å². The third kappa shape index (κ3) is 4.25. The van der Waals surface area contributed by atoms with E-state index in [0.717, 1.165) is 49.3 Å². The summed E-state index contributed by atoms with van der Waals surface area (Å²) in [6.07, 6.45) is 10.3. The van der Waals surface area contributed by atoms with Gasteiger partial charge in [0.1, 0.15) is 5.82 Å². The predicted molar refractivity (Wildman–Crippen MR) is 117 cm³/mol. The van der Waals surface area contributed by atoms with Crippen LogP contribution in [-0.2, 0) is 19.4 Å². The highest BCUT2D eigenvalue weighted by molar-refractivity contribution is 5.47. The van der Waals surface area contributed by atoms with Gasteiger partial charge in [0, 0.05) is 43.4 Å². The maximum absolute atomic E-state index is 13.0. The molecular formula is C23H29N5O2. The van der Waals surface area contributed by atoms with Gasteiger partial charge in [-0.1, -0.05) is 19.1 Å². The van der Waals surface area contributed by atoms with Gasteiger partial charge in [-0.15, -0.1) is 0 Å². The standard InChI is InChI=1S/C23H29N5O2/c1-3-20(18-9-11-21(30-2)25-16-18)28-15-14-27(23(28)29)13-5-7-19-10-8-17-6-4-12-24-22(17)26-19/h8-11,14-16,20H,3-7,12-13H2,1-2H3,(H,24,26). The number of nitrogens with zero attached hydrogens (tertiary/aromatic N) is 4. The van der Waals surface area contributed by atoms with Crippen LogP contribution in [-0.4, -0.2) is 32.8 Å². The summed E-state index contributed by atoms with van der Waals surface area (Å²) in [6.45, 7) is 3.75. The zero-order valence-corrected chi connectivity index (χ0v) is 17.7. The quantitative estimate of drug-likeness (QED) is 0.619. The Morgan fingerprint density at radius 2 is 2.13 bits per heavy atom. The first kappa shape index (κ1) is 20.2. The van der Waals surface area contributed by atoms with Crippen molar-refractivity contribution in [2.75, 3.05) is 19.0 Å². The van der Waals surface area contributed by atoms with Gasteiger partial charge in [-0.05, 0) is 49.3 Å². The molecule has 1 atom stereocenters. The number of nitrogens with one attached hydrogen (secondary N) is 1. The molecule has 0 fully saturated rings. The zero-order valence-electron chi connectivity index (χ0n) is 17.7. The molecule has 0 spiro atoms. The summed E-state index contributed by atoms with van der Waals surface area (Å²) in [5.74, 6) is 1.60. The number of hydrogen-bond acceptors (Lipinski definition) is 5. The minimum Gasteiger partial charge on any atom is -0.481 e. The number of methoxy groups -OCH3 is 1. The van der Waals surface area contributed by atoms with Crippen LogP contribution in [0, 0.1) is 0 Å². The van der Waals surface area contributed by atoms with Crippen molar-refractivity contribution in [1.29, 1.82) is 0 Å². The summed E-state index contributed by atoms with van der Waals surface area (Å²) < 4.78 is 8.72. The molecule has 3 aromatic rings. The van der Waals surface area contributed by atoms with Crippen LogP contribution in [0.4, 0.5) is 5.82 Å². The molecule has 0 aromatic carbocycles. The third-order valence-electron chi connectivity index (χ3n) is 5.73. The molecule has 0 radical (unpaired) electrons. The number of imidazole rings is 1. The number of anilines is 1. The number of pyridine rings is 2. The molecule has 1 N–H and O–H groups in total. The van der Waals surface area contributed by atoms with Gasteiger partial charge in [0.05, 0.1) is 13.2 Å². The molecule has 158 valence electrons. The highest BCUT2D eigenvalue weighted by Gasteiger charge is 2.16. The van der Waals surface area contributed by atoms with Gasteiger partial charge >= 0.3 is 5.69 Å². The van der Waals surface area contributed by atoms with E-state index in [4.69, 9.17) is 9.72 Å². The molecule has 1 unspecified atom stereocenters. The number of aromatic nitrogens is 4. The maximum atomic E-state index is 13.0. The molecule has 0 amide bonds. The first-order valence-electron chi connectivity index (χ1n) is 10.7. The Labute approximate surface area is 176 Å². The number of hydrogen-bond donors (Lipinski definition) is 1. The monoisotopic (exact) mass is 407 g/mol. The van der Waals surface area contributed by atoms with E-state index in [-0.39, 0.29) is 11.7 Å². The Bertz CT molecular complexity index is 1040. The molecule has 3 aromatic heterocycles. The fourth-order valence-electron chi connectivity index (χ4n) is 4.08. The van der Waals surface area contributed by atoms with Crippen molar-refractivity contribution in [2.45, 2.75) is 51.6 Å². The second-order valence-electron chi connectivity index (χ2n) is 7.68. The van der Waals surface area contributed by atoms with Crippen molar-refractivity contribution < 1.29 is 4.74 Å². The topological polar surface area (TPSA) is 74.0 Å². The first-order chi connectivity index (χ1) is 14.7. The van der Waals surface area contributed by atoms with E-state index < -0.39 is 0 Å². The normalized spacial score (nSPS) is 14.1. The van der Waals surface area contributed by atoms with Crippen molar-refractivity contribution in [3.8, 4) is 5.88 Å². The van der Waals surface area contributed by atoms with Crippen molar-refractivity contribution in [3.63, 3.8) is 0 Å². The highest BCUT2D eigenvalue weighted by atomic mass is 16.5. The number of rotatable bonds is 8. The highest BCUT2D eigenvalue weighted by Crippen LogP contribution is 2.22. The average molecular weight is 408 g/mol. The summed E-state index contributed by atoms with van der Waals surface area (Å²) >= 11 is 0. The first-order valence-corrected chi connectivity index (χ1v) is 10.7. The molecule has 0 saturated heterocycles. The van der Waals surface area contributed by atoms with E-state index in [1.165, 1.54) is 12.0 Å². The van der Waals surface area contributed by atoms with Gasteiger partial charge in [0.25, 0.3) is 0 Å². The van der Waals surface area contributed by atoms with Crippen molar-refractivity contribution in [3.05, 3.63) is 70.2 Å². The van der Waals surface area contributed by atoms with E-state index in [9.17, 15) is 4.79 Å². The van der Waals surface area contributed by atoms with Gasteiger partial charge in [0.2, 0.25) is 5.88 Å². The zero-order chi connectivity index (χ0) is 20.9. The van der Waals surface area contributed by atoms with Crippen LogP contribution in [0.1, 0.15) is 49.0 Å². The second-order valence-corrected chi connectivity index (χ2v) is 7.68. The van der Waals surface area contributed by atoms with Crippen molar-refractivity contribution in [2.24, 2.45) is 0 Å². The molecule has 7 nitrogen and oxygen atoms in total. The Hall–Kier alpha value is -3.09. The lowest BCUT2D eigenvalue weighted by Crippen LogP contribution is -2.28. The lowest BCUT2D eigenvalue weighted by atomic mass is 10.1. The minimum absolute atomic E-state index is 0.0118. The second kappa shape index (κ2) is 9.15. The number of ether oxygens (including phenoxy) is 1. The lowest BCUT2D eigenvalue weighted by molar-refractivity contribution is 0.397. The molecule has 0 saturated carbocycles. The van der Waals surface area contributed by atoms with Gasteiger partial charge in [0.15, 0.2) is 0 Å². The van der Waals surface area contributed by atoms with Crippen LogP contribution in [0.2, 0.25) is 0 Å². The predicted octanol–water partition coefficient (Wildman–Crippen LogP) is 3.44. The van der Waals surface area contributed by atoms with E-state index in [0.29, 0.717) is 12.4 Å². The van der Waals surface area contributed by atoms with E-state index in [2.05, 4.69) is 29.4 Å². The number of fused-ring (bicyclic) bond motifs is 1. The SMILES string of the molecule is CCC(c1ccc(OC)nc1)n1ccn(CCCc2ccc3c(n2)NCCC3)c1=O. The Kier molecular flexibility index (Phi) is 6.16. The molecule has 0 aliphatic carbocycles. The van der Waals surface area contributed by atoms with Crippen LogP contribution in [0.5, 0.6) is 5.88 Å². The fraction of sp³-hybridized carbons (Fsp3) is 0.435. The average Bonchev–Trinajstić information content (AvgIpc) is 3.15. The smallest absolute Gasteiger partial charge is 0.328 e. The van der Waals surface area contributed by atoms with E-state index in [1.54, 1.807) is 22.4 Å². The van der Waals surface area contributed by atoms with Gasteiger partial charge in [-0.2, -0.15) is 0 Å². The summed E-state index contributed by atoms with van der Waals surface area (Å²) in [5.41, 5.74) is 3.39. The third-order valence-corrected chi connectivity index (χ3v) is 5.73. The van der Waals surface area contributed by atoms with Crippen LogP contribution in [0.15, 0.2) is 47.7 Å². The molecule has 7 heteroatoms. The molecule has 30 heavy (non-hydrogen) atoms. The molecule has 4 heterocycles. The summed E-state index contributed by atoms with van der Waals surface area (Å²) in [4.78, 5) is 22.0. The Morgan fingerprint density at radius 3 is 2.90 bits per heavy atom. The Balaban J connectivity index is 1.42. The van der Waals surface area contributed by atoms with Gasteiger partial charge in [-0.3, -0.25) is 9.13 Å². The summed E-state index contributed by atoms with van der Waals surface area (Å²) in [7, 11) is 1.60. The lowest BCUT2D eigenvalue weighted by Gasteiger charge is -2.17. The maximum Gasteiger partial charge on any atom is 0.328 e. The van der Waals surface area contributed by atoms with Gasteiger partial charge < -0.3 is 10.1 Å². The van der Waals surface area contributed by atoms with E-state index in [1.807, 2.05) is 24.5 Å². The number of aryl methyl sites for hydroxylation is 3.